The van der Waals surface area contributed by atoms with Gasteiger partial charge in [0.15, 0.2) is 0 Å². The van der Waals surface area contributed by atoms with E-state index in [2.05, 4.69) is 5.32 Å². The van der Waals surface area contributed by atoms with Crippen molar-refractivity contribution in [2.45, 2.75) is 0 Å². The molecule has 3 nitrogen and oxygen atoms in total. The van der Waals surface area contributed by atoms with Crippen LogP contribution in [0.2, 0.25) is 0 Å². The molecule has 0 rings (SSSR count). The molecule has 4 heteroatoms. The van der Waals surface area contributed by atoms with Crippen LogP contribution in [0.15, 0.2) is 0 Å². The summed E-state index contributed by atoms with van der Waals surface area (Å²) >= 11 is 0. The minimum atomic E-state index is -0.822. The van der Waals surface area contributed by atoms with Gasteiger partial charge in [0.2, 0.25) is 0 Å². The maximum Gasteiger partial charge on any atom is 1.00 e. The maximum atomic E-state index is 9.54. The van der Waals surface area contributed by atoms with Crippen molar-refractivity contribution in [3.05, 3.63) is 0 Å². The molecule has 0 aromatic rings. The second-order valence-electron chi connectivity index (χ2n) is 0.924. The summed E-state index contributed by atoms with van der Waals surface area (Å²) in [4.78, 5) is 9.54. The van der Waals surface area contributed by atoms with Crippen LogP contribution in [-0.4, -0.2) is 24.7 Å². The van der Waals surface area contributed by atoms with Crippen molar-refractivity contribution in [1.29, 1.82) is 0 Å². The number of nitrogens with one attached hydrogen (secondary N) is 1. The van der Waals surface area contributed by atoms with Crippen molar-refractivity contribution in [1.82, 2.24) is 5.32 Å². The van der Waals surface area contributed by atoms with Gasteiger partial charge >= 0.3 is 24.8 Å². The van der Waals surface area contributed by atoms with Crippen LogP contribution in [-0.2, 0) is 4.79 Å². The Labute approximate surface area is 55.8 Å². The van der Waals surface area contributed by atoms with Crippen molar-refractivity contribution in [2.24, 2.45) is 0 Å². The molecule has 38 valence electrons. The number of carboxylic acids is 1. The minimum Gasteiger partial charge on any atom is -1.00 e. The summed E-state index contributed by atoms with van der Waals surface area (Å²) in [5.41, 5.74) is 0. The van der Waals surface area contributed by atoms with Gasteiger partial charge in [-0.05, 0) is 7.05 Å². The Morgan fingerprint density at radius 1 is 2.00 bits per heavy atom. The molecule has 0 aliphatic carbocycles. The predicted molar refractivity (Wildman–Crippen MR) is 22.7 cm³/mol. The Balaban J connectivity index is -0.000000125. The Kier molecular flexibility index (Phi) is 8.70. The van der Waals surface area contributed by atoms with Crippen LogP contribution >= 0.6 is 0 Å². The average Bonchev–Trinajstić information content (AvgIpc) is 1.35. The number of hydrogen-bond donors (Lipinski definition) is 2. The standard InChI is InChI=1S/C3H7NO2.Li.H/c1-4-2-3(5)6;;/h4H,2H2,1H3,(H,5,6);;/q;+1;-1. The van der Waals surface area contributed by atoms with Crippen molar-refractivity contribution >= 4 is 5.97 Å². The molecular formula is C3H8LiNO2. The van der Waals surface area contributed by atoms with Gasteiger partial charge in [-0.25, -0.2) is 0 Å². The van der Waals surface area contributed by atoms with Gasteiger partial charge in [-0.15, -0.1) is 0 Å². The van der Waals surface area contributed by atoms with Gasteiger partial charge in [0, 0.05) is 0 Å². The minimum absolute atomic E-state index is 0. The molecule has 0 saturated carbocycles. The molecule has 0 aliphatic heterocycles. The molecule has 0 aromatic carbocycles. The molecule has 0 fully saturated rings. The smallest absolute Gasteiger partial charge is 1.00 e. The Bertz CT molecular complexity index is 61.2. The van der Waals surface area contributed by atoms with E-state index in [9.17, 15) is 4.79 Å². The Morgan fingerprint density at radius 2 is 2.43 bits per heavy atom. The van der Waals surface area contributed by atoms with Gasteiger partial charge in [0.1, 0.15) is 0 Å². The van der Waals surface area contributed by atoms with Crippen LogP contribution in [0.1, 0.15) is 1.43 Å². The average molecular weight is 97.0 g/mol. The molecule has 0 saturated heterocycles. The van der Waals surface area contributed by atoms with Crippen molar-refractivity contribution in [3.63, 3.8) is 0 Å². The van der Waals surface area contributed by atoms with Gasteiger partial charge in [0.25, 0.3) is 0 Å². The van der Waals surface area contributed by atoms with Crippen molar-refractivity contribution < 1.29 is 30.2 Å². The fraction of sp³-hybridized carbons (Fsp3) is 0.667. The molecular weight excluding hydrogens is 89.0 g/mol. The van der Waals surface area contributed by atoms with Crippen LogP contribution in [0.4, 0.5) is 0 Å². The quantitative estimate of drug-likeness (QED) is 0.350. The van der Waals surface area contributed by atoms with Gasteiger partial charge in [-0.2, -0.15) is 0 Å². The van der Waals surface area contributed by atoms with Crippen LogP contribution in [0, 0.1) is 0 Å². The molecule has 2 N–H and O–H groups in total. The van der Waals surface area contributed by atoms with Crippen LogP contribution in [0.5, 0.6) is 0 Å². The first-order valence-electron chi connectivity index (χ1n) is 1.63. The molecule has 0 radical (unpaired) electrons. The van der Waals surface area contributed by atoms with Crippen LogP contribution in [0.25, 0.3) is 0 Å². The van der Waals surface area contributed by atoms with E-state index in [-0.39, 0.29) is 26.8 Å². The van der Waals surface area contributed by atoms with Crippen molar-refractivity contribution in [3.8, 4) is 0 Å². The SMILES string of the molecule is CNCC(=O)O.[H-].[Li+]. The third-order valence-corrected chi connectivity index (χ3v) is 0.328. The number of aliphatic carboxylic acids is 1. The number of rotatable bonds is 2. The van der Waals surface area contributed by atoms with E-state index in [4.69, 9.17) is 5.11 Å². The van der Waals surface area contributed by atoms with Crippen molar-refractivity contribution in [2.75, 3.05) is 13.6 Å². The van der Waals surface area contributed by atoms with E-state index < -0.39 is 5.97 Å². The van der Waals surface area contributed by atoms with Gasteiger partial charge in [-0.3, -0.25) is 4.79 Å². The number of carboxylic acid groups (broad SMARTS) is 1. The molecule has 0 spiro atoms. The molecule has 7 heavy (non-hydrogen) atoms. The molecule has 0 amide bonds. The summed E-state index contributed by atoms with van der Waals surface area (Å²) in [6.07, 6.45) is 0. The molecule has 0 unspecified atom stereocenters. The topological polar surface area (TPSA) is 49.3 Å². The fourth-order valence-electron chi connectivity index (χ4n) is 0.151. The van der Waals surface area contributed by atoms with Crippen LogP contribution in [0.3, 0.4) is 0 Å². The second kappa shape index (κ2) is 6.03. The third-order valence-electron chi connectivity index (χ3n) is 0.328. The van der Waals surface area contributed by atoms with E-state index in [1.807, 2.05) is 0 Å². The first-order valence-corrected chi connectivity index (χ1v) is 1.63. The largest absolute Gasteiger partial charge is 1.00 e. The summed E-state index contributed by atoms with van der Waals surface area (Å²) in [6.45, 7) is 0.0417. The monoisotopic (exact) mass is 97.1 g/mol. The van der Waals surface area contributed by atoms with Crippen LogP contribution < -0.4 is 24.2 Å². The normalized spacial score (nSPS) is 7.00. The molecule has 0 heterocycles. The van der Waals surface area contributed by atoms with Gasteiger partial charge in [0.05, 0.1) is 6.54 Å². The number of likely N-dealkylation sites (N-methyl/N-ethyl adjacent to an activating group) is 1. The predicted octanol–water partition coefficient (Wildman–Crippen LogP) is -3.59. The summed E-state index contributed by atoms with van der Waals surface area (Å²) < 4.78 is 0. The summed E-state index contributed by atoms with van der Waals surface area (Å²) in [6, 6.07) is 0. The van der Waals surface area contributed by atoms with Gasteiger partial charge < -0.3 is 11.8 Å². The second-order valence-corrected chi connectivity index (χ2v) is 0.924. The van der Waals surface area contributed by atoms with E-state index >= 15 is 0 Å². The zero-order valence-electron chi connectivity index (χ0n) is 5.56. The zero-order chi connectivity index (χ0) is 4.99. The van der Waals surface area contributed by atoms with E-state index in [1.165, 1.54) is 0 Å². The summed E-state index contributed by atoms with van der Waals surface area (Å²) in [5, 5.41) is 10.3. The number of hydrogen-bond acceptors (Lipinski definition) is 2. The zero-order valence-corrected chi connectivity index (χ0v) is 4.56. The molecule has 0 bridgehead atoms. The first-order chi connectivity index (χ1) is 2.77. The van der Waals surface area contributed by atoms with E-state index in [1.54, 1.807) is 7.05 Å². The van der Waals surface area contributed by atoms with Gasteiger partial charge in [-0.1, -0.05) is 0 Å². The van der Waals surface area contributed by atoms with E-state index in [0.29, 0.717) is 0 Å². The maximum absolute atomic E-state index is 9.54. The fourth-order valence-corrected chi connectivity index (χ4v) is 0.151. The summed E-state index contributed by atoms with van der Waals surface area (Å²) in [5.74, 6) is -0.822. The number of carbonyl (C=O) groups is 1. The Hall–Kier alpha value is 0.0274. The molecule has 0 aliphatic rings. The summed E-state index contributed by atoms with van der Waals surface area (Å²) in [7, 11) is 1.59. The molecule has 0 aromatic heterocycles. The first kappa shape index (κ1) is 10.1. The third kappa shape index (κ3) is 10.7. The van der Waals surface area contributed by atoms with E-state index in [0.717, 1.165) is 0 Å². The Morgan fingerprint density at radius 3 is 2.43 bits per heavy atom. The molecule has 0 atom stereocenters.